The topological polar surface area (TPSA) is 103 Å². The van der Waals surface area contributed by atoms with E-state index in [0.29, 0.717) is 18.7 Å². The number of rotatable bonds is 5. The van der Waals surface area contributed by atoms with E-state index in [-0.39, 0.29) is 36.1 Å². The Morgan fingerprint density at radius 1 is 1.18 bits per heavy atom. The molecule has 4 rings (SSSR count). The number of ether oxygens (including phenoxy) is 1. The number of esters is 1. The van der Waals surface area contributed by atoms with Crippen molar-refractivity contribution in [1.29, 1.82) is 0 Å². The van der Waals surface area contributed by atoms with Crippen molar-refractivity contribution in [2.24, 2.45) is 11.8 Å². The Morgan fingerprint density at radius 3 is 2.46 bits per heavy atom. The van der Waals surface area contributed by atoms with E-state index in [9.17, 15) is 14.4 Å². The maximum Gasteiger partial charge on any atom is 0.329 e. The number of aromatic nitrogens is 2. The van der Waals surface area contributed by atoms with Crippen LogP contribution < -0.4 is 0 Å². The Bertz CT molecular complexity index is 910. The van der Waals surface area contributed by atoms with Crippen LogP contribution in [0.2, 0.25) is 0 Å². The highest BCUT2D eigenvalue weighted by Crippen LogP contribution is 2.36. The minimum Gasteiger partial charge on any atom is -0.454 e. The molecule has 28 heavy (non-hydrogen) atoms. The lowest BCUT2D eigenvalue weighted by molar-refractivity contribution is -0.159. The Morgan fingerprint density at radius 2 is 1.82 bits per heavy atom. The number of hydrogen-bond donors (Lipinski definition) is 0. The number of likely N-dealkylation sites (tertiary alicyclic amines) is 1. The van der Waals surface area contributed by atoms with Crippen molar-refractivity contribution >= 4 is 17.8 Å². The van der Waals surface area contributed by atoms with E-state index >= 15 is 0 Å². The standard InChI is InChI=1S/C20H19N3O5/c1-12(23-18(24)14-9-5-6-10-15(14)19(23)25)20(26)27-11-16-21-17(22-28-16)13-7-3-2-4-8-13/h2-8,12,14-15H,9-11H2,1H3. The molecule has 1 saturated heterocycles. The highest BCUT2D eigenvalue weighted by molar-refractivity contribution is 6.08. The summed E-state index contributed by atoms with van der Waals surface area (Å²) < 4.78 is 10.3. The van der Waals surface area contributed by atoms with Gasteiger partial charge in [0, 0.05) is 5.56 Å². The van der Waals surface area contributed by atoms with Gasteiger partial charge in [0.2, 0.25) is 17.6 Å². The van der Waals surface area contributed by atoms with Gasteiger partial charge in [0.15, 0.2) is 6.61 Å². The second kappa shape index (κ2) is 7.38. The number of benzene rings is 1. The highest BCUT2D eigenvalue weighted by atomic mass is 16.6. The summed E-state index contributed by atoms with van der Waals surface area (Å²) in [4.78, 5) is 42.7. The van der Waals surface area contributed by atoms with E-state index in [2.05, 4.69) is 10.1 Å². The van der Waals surface area contributed by atoms with E-state index in [1.54, 1.807) is 0 Å². The molecule has 1 aromatic heterocycles. The number of fused-ring (bicyclic) bond motifs is 1. The monoisotopic (exact) mass is 381 g/mol. The molecule has 0 bridgehead atoms. The molecule has 0 N–H and O–H groups in total. The first-order valence-electron chi connectivity index (χ1n) is 9.13. The summed E-state index contributed by atoms with van der Waals surface area (Å²) in [6.07, 6.45) is 4.85. The maximum atomic E-state index is 12.6. The molecule has 8 heteroatoms. The molecule has 2 aliphatic rings. The number of nitrogens with zero attached hydrogens (tertiary/aromatic N) is 3. The molecule has 0 spiro atoms. The molecule has 0 radical (unpaired) electrons. The van der Waals surface area contributed by atoms with Crippen LogP contribution >= 0.6 is 0 Å². The molecule has 3 atom stereocenters. The molecule has 1 aromatic carbocycles. The van der Waals surface area contributed by atoms with Gasteiger partial charge in [-0.05, 0) is 19.8 Å². The van der Waals surface area contributed by atoms with Gasteiger partial charge in [-0.15, -0.1) is 0 Å². The summed E-state index contributed by atoms with van der Waals surface area (Å²) >= 11 is 0. The first kappa shape index (κ1) is 18.1. The lowest BCUT2D eigenvalue weighted by Gasteiger charge is -2.21. The van der Waals surface area contributed by atoms with Crippen molar-refractivity contribution in [3.8, 4) is 11.4 Å². The van der Waals surface area contributed by atoms with Gasteiger partial charge in [0.25, 0.3) is 5.89 Å². The van der Waals surface area contributed by atoms with Crippen LogP contribution in [0, 0.1) is 11.8 Å². The van der Waals surface area contributed by atoms with Crippen molar-refractivity contribution in [3.05, 3.63) is 48.4 Å². The van der Waals surface area contributed by atoms with Crippen LogP contribution in [0.1, 0.15) is 25.7 Å². The summed E-state index contributed by atoms with van der Waals surface area (Å²) in [7, 11) is 0. The van der Waals surface area contributed by atoms with Gasteiger partial charge in [-0.2, -0.15) is 4.98 Å². The number of carbonyl (C=O) groups excluding carboxylic acids is 3. The number of allylic oxidation sites excluding steroid dienone is 2. The molecule has 8 nitrogen and oxygen atoms in total. The average Bonchev–Trinajstić information content (AvgIpc) is 3.30. The first-order chi connectivity index (χ1) is 13.6. The first-order valence-corrected chi connectivity index (χ1v) is 9.13. The van der Waals surface area contributed by atoms with Crippen LogP contribution in [0.5, 0.6) is 0 Å². The van der Waals surface area contributed by atoms with Crippen molar-refractivity contribution in [1.82, 2.24) is 15.0 Å². The molecule has 1 aliphatic carbocycles. The zero-order valence-corrected chi connectivity index (χ0v) is 15.3. The molecule has 2 amide bonds. The summed E-state index contributed by atoms with van der Waals surface area (Å²) in [5, 5.41) is 3.86. The van der Waals surface area contributed by atoms with E-state index in [0.717, 1.165) is 10.5 Å². The minimum atomic E-state index is -0.998. The quantitative estimate of drug-likeness (QED) is 0.444. The zero-order valence-electron chi connectivity index (χ0n) is 15.3. The summed E-state index contributed by atoms with van der Waals surface area (Å²) in [6, 6.07) is 8.25. The van der Waals surface area contributed by atoms with Crippen LogP contribution in [-0.4, -0.2) is 38.9 Å². The van der Waals surface area contributed by atoms with Gasteiger partial charge in [-0.3, -0.25) is 14.5 Å². The second-order valence-corrected chi connectivity index (χ2v) is 6.86. The van der Waals surface area contributed by atoms with E-state index in [1.165, 1.54) is 6.92 Å². The number of amides is 2. The molecular weight excluding hydrogens is 362 g/mol. The van der Waals surface area contributed by atoms with Crippen LogP contribution in [0.25, 0.3) is 11.4 Å². The van der Waals surface area contributed by atoms with Gasteiger partial charge in [-0.1, -0.05) is 47.6 Å². The fourth-order valence-corrected chi connectivity index (χ4v) is 3.58. The Kier molecular flexibility index (Phi) is 4.77. The fraction of sp³-hybridized carbons (Fsp3) is 0.350. The van der Waals surface area contributed by atoms with Gasteiger partial charge in [-0.25, -0.2) is 4.79 Å². The number of carbonyl (C=O) groups is 3. The Labute approximate surface area is 161 Å². The predicted octanol–water partition coefficient (Wildman–Crippen LogP) is 2.12. The van der Waals surface area contributed by atoms with Crippen molar-refractivity contribution in [2.45, 2.75) is 32.4 Å². The molecule has 1 fully saturated rings. The van der Waals surface area contributed by atoms with Gasteiger partial charge in [0.1, 0.15) is 6.04 Å². The van der Waals surface area contributed by atoms with Crippen LogP contribution in [0.3, 0.4) is 0 Å². The Balaban J connectivity index is 1.38. The maximum absolute atomic E-state index is 12.6. The predicted molar refractivity (Wildman–Crippen MR) is 96.2 cm³/mol. The third-order valence-electron chi connectivity index (χ3n) is 5.11. The molecular formula is C20H19N3O5. The van der Waals surface area contributed by atoms with Gasteiger partial charge < -0.3 is 9.26 Å². The van der Waals surface area contributed by atoms with Crippen molar-refractivity contribution < 1.29 is 23.6 Å². The number of imide groups is 1. The number of hydrogen-bond acceptors (Lipinski definition) is 7. The average molecular weight is 381 g/mol. The smallest absolute Gasteiger partial charge is 0.329 e. The third-order valence-corrected chi connectivity index (χ3v) is 5.11. The zero-order chi connectivity index (χ0) is 19.7. The van der Waals surface area contributed by atoms with Crippen molar-refractivity contribution in [2.75, 3.05) is 0 Å². The van der Waals surface area contributed by atoms with Crippen LogP contribution in [0.4, 0.5) is 0 Å². The molecule has 2 heterocycles. The largest absolute Gasteiger partial charge is 0.454 e. The molecule has 3 unspecified atom stereocenters. The minimum absolute atomic E-state index is 0.136. The molecule has 1 aliphatic heterocycles. The van der Waals surface area contributed by atoms with Crippen molar-refractivity contribution in [3.63, 3.8) is 0 Å². The summed E-state index contributed by atoms with van der Waals surface area (Å²) in [6.45, 7) is 1.26. The highest BCUT2D eigenvalue weighted by Gasteiger charge is 2.50. The van der Waals surface area contributed by atoms with Crippen LogP contribution in [-0.2, 0) is 25.7 Å². The molecule has 144 valence electrons. The Hall–Kier alpha value is -3.29. The lowest BCUT2D eigenvalue weighted by Crippen LogP contribution is -2.44. The second-order valence-electron chi connectivity index (χ2n) is 6.86. The fourth-order valence-electron chi connectivity index (χ4n) is 3.58. The summed E-state index contributed by atoms with van der Waals surface area (Å²) in [5.74, 6) is -1.54. The van der Waals surface area contributed by atoms with Crippen LogP contribution in [0.15, 0.2) is 47.0 Å². The van der Waals surface area contributed by atoms with E-state index < -0.39 is 12.0 Å². The normalized spacial score (nSPS) is 22.2. The molecule has 0 saturated carbocycles. The molecule has 2 aromatic rings. The van der Waals surface area contributed by atoms with Gasteiger partial charge >= 0.3 is 5.97 Å². The lowest BCUT2D eigenvalue weighted by atomic mass is 9.85. The van der Waals surface area contributed by atoms with E-state index in [4.69, 9.17) is 9.26 Å². The SMILES string of the molecule is CC(C(=O)OCc1nc(-c2ccccc2)no1)N1C(=O)C2CC=CCC2C1=O. The van der Waals surface area contributed by atoms with E-state index in [1.807, 2.05) is 42.5 Å². The summed E-state index contributed by atoms with van der Waals surface area (Å²) in [5.41, 5.74) is 0.779. The van der Waals surface area contributed by atoms with Gasteiger partial charge in [0.05, 0.1) is 11.8 Å². The third kappa shape index (κ3) is 3.21.